The van der Waals surface area contributed by atoms with Crippen LogP contribution in [0.2, 0.25) is 0 Å². The van der Waals surface area contributed by atoms with Gasteiger partial charge in [-0.3, -0.25) is 4.79 Å². The molecule has 1 N–H and O–H groups in total. The largest absolute Gasteiger partial charge is 0.416 e. The third-order valence-corrected chi connectivity index (χ3v) is 7.39. The van der Waals surface area contributed by atoms with E-state index in [1.54, 1.807) is 6.20 Å². The fourth-order valence-electron chi connectivity index (χ4n) is 5.92. The number of hydrogen-bond donors (Lipinski definition) is 1. The number of halogens is 5. The van der Waals surface area contributed by atoms with E-state index in [4.69, 9.17) is 0 Å². The van der Waals surface area contributed by atoms with Gasteiger partial charge in [-0.1, -0.05) is 0 Å². The first-order valence-corrected chi connectivity index (χ1v) is 10.7. The third kappa shape index (κ3) is 3.53. The van der Waals surface area contributed by atoms with Crippen LogP contribution < -0.4 is 4.90 Å². The lowest BCUT2D eigenvalue weighted by Gasteiger charge is -2.50. The number of alkyl halides is 5. The van der Waals surface area contributed by atoms with Crippen LogP contribution in [0.25, 0.3) is 0 Å². The minimum absolute atomic E-state index is 0.0556. The zero-order valence-corrected chi connectivity index (χ0v) is 17.2. The lowest BCUT2D eigenvalue weighted by Crippen LogP contribution is -2.55. The average molecular weight is 454 g/mol. The van der Waals surface area contributed by atoms with Crippen molar-refractivity contribution in [2.24, 2.45) is 11.3 Å². The van der Waals surface area contributed by atoms with E-state index < -0.39 is 24.1 Å². The van der Waals surface area contributed by atoms with Gasteiger partial charge in [0.25, 0.3) is 5.91 Å². The zero-order valence-electron chi connectivity index (χ0n) is 17.2. The van der Waals surface area contributed by atoms with Gasteiger partial charge in [0, 0.05) is 25.0 Å². The van der Waals surface area contributed by atoms with Gasteiger partial charge in [0.15, 0.2) is 0 Å². The number of benzene rings is 1. The summed E-state index contributed by atoms with van der Waals surface area (Å²) in [6.07, 6.45) is -0.740. The molecular formula is C22H23F5N4O. The monoisotopic (exact) mass is 454 g/mol. The molecule has 1 atom stereocenters. The van der Waals surface area contributed by atoms with E-state index in [-0.39, 0.29) is 30.1 Å². The van der Waals surface area contributed by atoms with E-state index in [0.29, 0.717) is 18.2 Å². The smallest absolute Gasteiger partial charge is 0.360 e. The first-order chi connectivity index (χ1) is 15.2. The third-order valence-electron chi connectivity index (χ3n) is 7.39. The number of fused-ring (bicyclic) bond motifs is 2. The highest BCUT2D eigenvalue weighted by molar-refractivity contribution is 5.80. The molecule has 2 bridgehead atoms. The molecule has 3 aliphatic carbocycles. The summed E-state index contributed by atoms with van der Waals surface area (Å²) in [7, 11) is 0. The first-order valence-electron chi connectivity index (χ1n) is 10.7. The quantitative estimate of drug-likeness (QED) is 0.687. The van der Waals surface area contributed by atoms with Crippen LogP contribution in [0, 0.1) is 11.3 Å². The van der Waals surface area contributed by atoms with Gasteiger partial charge in [-0.25, -0.2) is 4.98 Å². The summed E-state index contributed by atoms with van der Waals surface area (Å²) in [5.41, 5.74) is 0.548. The number of imidazole rings is 1. The first kappa shape index (κ1) is 21.2. The number of nitrogens with one attached hydrogen (secondary N) is 1. The Morgan fingerprint density at radius 1 is 1.28 bits per heavy atom. The maximum absolute atomic E-state index is 13.4. The zero-order chi connectivity index (χ0) is 22.7. The minimum Gasteiger partial charge on any atom is -0.360 e. The van der Waals surface area contributed by atoms with Crippen molar-refractivity contribution in [1.29, 1.82) is 0 Å². The van der Waals surface area contributed by atoms with Crippen LogP contribution in [0.15, 0.2) is 30.7 Å². The van der Waals surface area contributed by atoms with E-state index in [0.717, 1.165) is 48.4 Å². The average Bonchev–Trinajstić information content (AvgIpc) is 3.44. The molecule has 4 aliphatic rings. The van der Waals surface area contributed by atoms with E-state index in [2.05, 4.69) is 9.97 Å². The fourth-order valence-corrected chi connectivity index (χ4v) is 5.92. The molecule has 3 saturated carbocycles. The number of carbonyl (C=O) groups is 1. The van der Waals surface area contributed by atoms with Crippen LogP contribution in [-0.4, -0.2) is 39.8 Å². The number of anilines is 1. The molecule has 0 saturated heterocycles. The van der Waals surface area contributed by atoms with Gasteiger partial charge in [-0.05, 0) is 60.8 Å². The molecular weight excluding hydrogens is 431 g/mol. The number of aromatic nitrogens is 2. The lowest BCUT2D eigenvalue weighted by atomic mass is 9.64. The number of hydrogen-bond acceptors (Lipinski definition) is 3. The predicted octanol–water partition coefficient (Wildman–Crippen LogP) is 4.60. The van der Waals surface area contributed by atoms with Crippen molar-refractivity contribution in [3.8, 4) is 0 Å². The second kappa shape index (κ2) is 7.45. The molecule has 0 spiro atoms. The van der Waals surface area contributed by atoms with Crippen molar-refractivity contribution < 1.29 is 26.7 Å². The Morgan fingerprint density at radius 3 is 2.66 bits per heavy atom. The Morgan fingerprint density at radius 2 is 2.06 bits per heavy atom. The Bertz CT molecular complexity index is 995. The van der Waals surface area contributed by atoms with Gasteiger partial charge >= 0.3 is 12.6 Å². The topological polar surface area (TPSA) is 52.2 Å². The van der Waals surface area contributed by atoms with Gasteiger partial charge in [-0.15, -0.1) is 0 Å². The summed E-state index contributed by atoms with van der Waals surface area (Å²) in [5, 5.41) is 0. The molecule has 5 nitrogen and oxygen atoms in total. The van der Waals surface area contributed by atoms with Crippen LogP contribution in [-0.2, 0) is 24.1 Å². The van der Waals surface area contributed by atoms with Crippen molar-refractivity contribution in [3.63, 3.8) is 0 Å². The number of amides is 1. The van der Waals surface area contributed by atoms with Crippen molar-refractivity contribution in [3.05, 3.63) is 47.5 Å². The SMILES string of the molecule is O=C(C(F)F)N1Cc2cc(C(F)(F)F)ccc2N(Cc2cnc[nH]2)[C@H](C23CCC(C2)C3)C1. The van der Waals surface area contributed by atoms with Gasteiger partial charge in [0.1, 0.15) is 0 Å². The summed E-state index contributed by atoms with van der Waals surface area (Å²) < 4.78 is 67.0. The Hall–Kier alpha value is -2.65. The van der Waals surface area contributed by atoms with Crippen molar-refractivity contribution in [2.75, 3.05) is 11.4 Å². The highest BCUT2D eigenvalue weighted by atomic mass is 19.4. The van der Waals surface area contributed by atoms with Crippen LogP contribution in [0.3, 0.4) is 0 Å². The minimum atomic E-state index is -4.57. The molecule has 2 heterocycles. The predicted molar refractivity (Wildman–Crippen MR) is 106 cm³/mol. The standard InChI is InChI=1S/C22H23F5N4O/c23-19(24)20(32)30-9-14-5-15(22(25,26)27)1-2-17(14)31(10-16-8-28-12-29-16)18(11-30)21-4-3-13(6-21)7-21/h1-2,5,8,12-13,18-19H,3-4,6-7,9-11H2,(H,28,29)/t13?,18-,21?/m0/s1. The second-order valence-corrected chi connectivity index (χ2v) is 9.26. The molecule has 2 aromatic rings. The molecule has 6 rings (SSSR count). The van der Waals surface area contributed by atoms with Crippen LogP contribution in [0.5, 0.6) is 0 Å². The Balaban J connectivity index is 1.62. The normalized spacial score (nSPS) is 27.3. The summed E-state index contributed by atoms with van der Waals surface area (Å²) in [4.78, 5) is 22.5. The van der Waals surface area contributed by atoms with Gasteiger partial charge < -0.3 is 14.8 Å². The fraction of sp³-hybridized carbons (Fsp3) is 0.545. The number of carbonyl (C=O) groups excluding carboxylic acids is 1. The van der Waals surface area contributed by atoms with E-state index in [9.17, 15) is 26.7 Å². The van der Waals surface area contributed by atoms with E-state index in [1.807, 2.05) is 4.90 Å². The molecule has 0 radical (unpaired) electrons. The Kier molecular flexibility index (Phi) is 4.94. The maximum Gasteiger partial charge on any atom is 0.416 e. The molecule has 1 aromatic heterocycles. The molecule has 10 heteroatoms. The van der Waals surface area contributed by atoms with Crippen LogP contribution in [0.1, 0.15) is 42.5 Å². The number of nitrogens with zero attached hydrogens (tertiary/aromatic N) is 3. The van der Waals surface area contributed by atoms with Crippen LogP contribution in [0.4, 0.5) is 27.6 Å². The van der Waals surface area contributed by atoms with Gasteiger partial charge in [-0.2, -0.15) is 22.0 Å². The Labute approximate surface area is 181 Å². The number of H-pyrrole nitrogens is 1. The summed E-state index contributed by atoms with van der Waals surface area (Å²) in [6.45, 7) is 0.115. The molecule has 0 unspecified atom stereocenters. The van der Waals surface area contributed by atoms with E-state index >= 15 is 0 Å². The number of aromatic amines is 1. The summed E-state index contributed by atoms with van der Waals surface area (Å²) in [5.74, 6) is -0.745. The van der Waals surface area contributed by atoms with Crippen molar-refractivity contribution in [1.82, 2.24) is 14.9 Å². The molecule has 172 valence electrons. The van der Waals surface area contributed by atoms with Gasteiger partial charge in [0.2, 0.25) is 0 Å². The molecule has 3 fully saturated rings. The van der Waals surface area contributed by atoms with Crippen molar-refractivity contribution in [2.45, 2.75) is 57.4 Å². The second-order valence-electron chi connectivity index (χ2n) is 9.26. The number of rotatable bonds is 4. The highest BCUT2D eigenvalue weighted by Crippen LogP contribution is 2.62. The lowest BCUT2D eigenvalue weighted by molar-refractivity contribution is -0.144. The highest BCUT2D eigenvalue weighted by Gasteiger charge is 2.57. The molecule has 32 heavy (non-hydrogen) atoms. The maximum atomic E-state index is 13.4. The van der Waals surface area contributed by atoms with Crippen LogP contribution >= 0.6 is 0 Å². The molecule has 1 aliphatic heterocycles. The molecule has 1 aromatic carbocycles. The summed E-state index contributed by atoms with van der Waals surface area (Å²) >= 11 is 0. The van der Waals surface area contributed by atoms with Crippen molar-refractivity contribution >= 4 is 11.6 Å². The van der Waals surface area contributed by atoms with Gasteiger partial charge in [0.05, 0.1) is 30.2 Å². The summed E-state index contributed by atoms with van der Waals surface area (Å²) in [6, 6.07) is 3.15. The molecule has 1 amide bonds. The van der Waals surface area contributed by atoms with E-state index in [1.165, 1.54) is 12.4 Å².